The first-order chi connectivity index (χ1) is 12.3. The Labute approximate surface area is 160 Å². The SMILES string of the molecule is Cc1ccc(NC(=O)CS(=O)(=O)Cc2cccc(Br)c2)c2cccnc12. The number of rotatable bonds is 5. The molecule has 2 aromatic carbocycles. The van der Waals surface area contributed by atoms with E-state index in [9.17, 15) is 13.2 Å². The third kappa shape index (κ3) is 4.47. The molecule has 0 saturated carbocycles. The largest absolute Gasteiger partial charge is 0.325 e. The summed E-state index contributed by atoms with van der Waals surface area (Å²) in [6, 6.07) is 14.3. The Morgan fingerprint density at radius 1 is 1.15 bits per heavy atom. The lowest BCUT2D eigenvalue weighted by molar-refractivity contribution is -0.113. The summed E-state index contributed by atoms with van der Waals surface area (Å²) in [5, 5.41) is 3.48. The normalized spacial score (nSPS) is 11.5. The molecule has 1 amide bonds. The Morgan fingerprint density at radius 2 is 1.96 bits per heavy atom. The highest BCUT2D eigenvalue weighted by Gasteiger charge is 2.18. The highest BCUT2D eigenvalue weighted by Crippen LogP contribution is 2.24. The van der Waals surface area contributed by atoms with Gasteiger partial charge in [-0.3, -0.25) is 9.78 Å². The van der Waals surface area contributed by atoms with Crippen LogP contribution in [0.2, 0.25) is 0 Å². The number of hydrogen-bond acceptors (Lipinski definition) is 4. The van der Waals surface area contributed by atoms with Gasteiger partial charge in [0.2, 0.25) is 5.91 Å². The lowest BCUT2D eigenvalue weighted by Gasteiger charge is -2.10. The van der Waals surface area contributed by atoms with Crippen LogP contribution in [0.25, 0.3) is 10.9 Å². The predicted molar refractivity (Wildman–Crippen MR) is 107 cm³/mol. The number of sulfone groups is 1. The van der Waals surface area contributed by atoms with Crippen LogP contribution in [0.5, 0.6) is 0 Å². The summed E-state index contributed by atoms with van der Waals surface area (Å²) in [4.78, 5) is 16.6. The number of carbonyl (C=O) groups excluding carboxylic acids is 1. The molecule has 26 heavy (non-hydrogen) atoms. The number of benzene rings is 2. The lowest BCUT2D eigenvalue weighted by atomic mass is 10.1. The van der Waals surface area contributed by atoms with Gasteiger partial charge in [-0.15, -0.1) is 0 Å². The van der Waals surface area contributed by atoms with Crippen LogP contribution in [0, 0.1) is 6.92 Å². The monoisotopic (exact) mass is 432 g/mol. The molecule has 0 radical (unpaired) electrons. The number of anilines is 1. The van der Waals surface area contributed by atoms with Gasteiger partial charge in [-0.1, -0.05) is 34.1 Å². The van der Waals surface area contributed by atoms with Crippen LogP contribution in [0.1, 0.15) is 11.1 Å². The first-order valence-corrected chi connectivity index (χ1v) is 10.5. The molecule has 1 N–H and O–H groups in total. The number of pyridine rings is 1. The molecular weight excluding hydrogens is 416 g/mol. The van der Waals surface area contributed by atoms with Gasteiger partial charge in [0.25, 0.3) is 0 Å². The van der Waals surface area contributed by atoms with Crippen LogP contribution < -0.4 is 5.32 Å². The number of hydrogen-bond donors (Lipinski definition) is 1. The number of nitrogens with zero attached hydrogens (tertiary/aromatic N) is 1. The van der Waals surface area contributed by atoms with Crippen LogP contribution in [0.3, 0.4) is 0 Å². The van der Waals surface area contributed by atoms with E-state index < -0.39 is 21.5 Å². The van der Waals surface area contributed by atoms with E-state index in [1.807, 2.05) is 25.1 Å². The van der Waals surface area contributed by atoms with Crippen LogP contribution in [-0.2, 0) is 20.4 Å². The van der Waals surface area contributed by atoms with Crippen molar-refractivity contribution in [1.29, 1.82) is 0 Å². The lowest BCUT2D eigenvalue weighted by Crippen LogP contribution is -2.24. The zero-order valence-corrected chi connectivity index (χ0v) is 16.5. The van der Waals surface area contributed by atoms with Gasteiger partial charge in [-0.25, -0.2) is 8.42 Å². The number of carbonyl (C=O) groups is 1. The Hall–Kier alpha value is -2.25. The molecule has 134 valence electrons. The Kier molecular flexibility index (Phi) is 5.38. The van der Waals surface area contributed by atoms with Crippen LogP contribution in [-0.4, -0.2) is 25.1 Å². The molecule has 3 rings (SSSR count). The molecule has 7 heteroatoms. The van der Waals surface area contributed by atoms with E-state index in [0.29, 0.717) is 11.3 Å². The van der Waals surface area contributed by atoms with Crippen molar-refractivity contribution in [3.8, 4) is 0 Å². The highest BCUT2D eigenvalue weighted by molar-refractivity contribution is 9.10. The zero-order valence-electron chi connectivity index (χ0n) is 14.1. The molecule has 0 spiro atoms. The summed E-state index contributed by atoms with van der Waals surface area (Å²) in [5.41, 5.74) is 2.96. The predicted octanol–water partition coefficient (Wildman–Crippen LogP) is 3.86. The van der Waals surface area contributed by atoms with Gasteiger partial charge in [0.05, 0.1) is 17.0 Å². The molecule has 1 heterocycles. The third-order valence-electron chi connectivity index (χ3n) is 3.87. The van der Waals surface area contributed by atoms with E-state index in [4.69, 9.17) is 0 Å². The molecule has 3 aromatic rings. The number of amides is 1. The van der Waals surface area contributed by atoms with Gasteiger partial charge in [-0.05, 0) is 48.4 Å². The molecule has 0 atom stereocenters. The summed E-state index contributed by atoms with van der Waals surface area (Å²) in [7, 11) is -3.58. The highest BCUT2D eigenvalue weighted by atomic mass is 79.9. The number of nitrogens with one attached hydrogen (secondary N) is 1. The third-order valence-corrected chi connectivity index (χ3v) is 5.84. The number of fused-ring (bicyclic) bond motifs is 1. The molecule has 0 fully saturated rings. The van der Waals surface area contributed by atoms with Crippen molar-refractivity contribution < 1.29 is 13.2 Å². The first kappa shape index (κ1) is 18.5. The number of halogens is 1. The van der Waals surface area contributed by atoms with Gasteiger partial charge in [-0.2, -0.15) is 0 Å². The van der Waals surface area contributed by atoms with Gasteiger partial charge in [0.15, 0.2) is 9.84 Å². The second-order valence-corrected chi connectivity index (χ2v) is 9.02. The molecule has 0 aliphatic carbocycles. The van der Waals surface area contributed by atoms with E-state index in [-0.39, 0.29) is 5.75 Å². The van der Waals surface area contributed by atoms with E-state index in [1.54, 1.807) is 36.5 Å². The van der Waals surface area contributed by atoms with Gasteiger partial charge in [0, 0.05) is 16.1 Å². The summed E-state index contributed by atoms with van der Waals surface area (Å²) in [6.07, 6.45) is 1.68. The fourth-order valence-corrected chi connectivity index (χ4v) is 4.45. The van der Waals surface area contributed by atoms with Crippen molar-refractivity contribution >= 4 is 48.3 Å². The average Bonchev–Trinajstić information content (AvgIpc) is 2.56. The van der Waals surface area contributed by atoms with Crippen molar-refractivity contribution in [2.75, 3.05) is 11.1 Å². The van der Waals surface area contributed by atoms with Crippen LogP contribution >= 0.6 is 15.9 Å². The molecule has 0 bridgehead atoms. The van der Waals surface area contributed by atoms with Crippen molar-refractivity contribution in [2.45, 2.75) is 12.7 Å². The van der Waals surface area contributed by atoms with Crippen molar-refractivity contribution in [2.24, 2.45) is 0 Å². The van der Waals surface area contributed by atoms with Crippen LogP contribution in [0.15, 0.2) is 59.2 Å². The Morgan fingerprint density at radius 3 is 2.73 bits per heavy atom. The quantitative estimate of drug-likeness (QED) is 0.663. The Bertz CT molecular complexity index is 1080. The topological polar surface area (TPSA) is 76.1 Å². The molecular formula is C19H17BrN2O3S. The summed E-state index contributed by atoms with van der Waals surface area (Å²) in [5.74, 6) is -1.32. The molecule has 1 aromatic heterocycles. The minimum Gasteiger partial charge on any atom is -0.325 e. The second-order valence-electron chi connectivity index (χ2n) is 6.04. The van der Waals surface area contributed by atoms with Gasteiger partial charge >= 0.3 is 0 Å². The molecule has 0 aliphatic heterocycles. The smallest absolute Gasteiger partial charge is 0.239 e. The maximum absolute atomic E-state index is 12.3. The van der Waals surface area contributed by atoms with Gasteiger partial charge in [0.1, 0.15) is 5.75 Å². The number of aryl methyl sites for hydroxylation is 1. The summed E-state index contributed by atoms with van der Waals surface area (Å²) >= 11 is 3.31. The van der Waals surface area contributed by atoms with E-state index in [1.165, 1.54) is 0 Å². The fourth-order valence-electron chi connectivity index (χ4n) is 2.74. The molecule has 0 aliphatic rings. The molecule has 0 unspecified atom stereocenters. The summed E-state index contributed by atoms with van der Waals surface area (Å²) in [6.45, 7) is 1.93. The first-order valence-electron chi connectivity index (χ1n) is 7.93. The minimum absolute atomic E-state index is 0.184. The van der Waals surface area contributed by atoms with Gasteiger partial charge < -0.3 is 5.32 Å². The van der Waals surface area contributed by atoms with Crippen molar-refractivity contribution in [3.05, 3.63) is 70.3 Å². The summed E-state index contributed by atoms with van der Waals surface area (Å²) < 4.78 is 25.5. The van der Waals surface area contributed by atoms with Crippen LogP contribution in [0.4, 0.5) is 5.69 Å². The second kappa shape index (κ2) is 7.55. The standard InChI is InChI=1S/C19H17BrN2O3S/c1-13-7-8-17(16-6-3-9-21-19(13)16)22-18(23)12-26(24,25)11-14-4-2-5-15(20)10-14/h2-10H,11-12H2,1H3,(H,22,23). The Balaban J connectivity index is 1.76. The van der Waals surface area contributed by atoms with Crippen molar-refractivity contribution in [1.82, 2.24) is 4.98 Å². The van der Waals surface area contributed by atoms with E-state index in [0.717, 1.165) is 20.9 Å². The van der Waals surface area contributed by atoms with E-state index >= 15 is 0 Å². The minimum atomic E-state index is -3.58. The average molecular weight is 433 g/mol. The maximum atomic E-state index is 12.3. The zero-order chi connectivity index (χ0) is 18.7. The number of aromatic nitrogens is 1. The molecule has 5 nitrogen and oxygen atoms in total. The van der Waals surface area contributed by atoms with E-state index in [2.05, 4.69) is 26.2 Å². The maximum Gasteiger partial charge on any atom is 0.239 e. The fraction of sp³-hybridized carbons (Fsp3) is 0.158. The van der Waals surface area contributed by atoms with Crippen molar-refractivity contribution in [3.63, 3.8) is 0 Å². The molecule has 0 saturated heterocycles.